The third kappa shape index (κ3) is 4.35. The van der Waals surface area contributed by atoms with E-state index in [9.17, 15) is 19.5 Å². The van der Waals surface area contributed by atoms with E-state index in [4.69, 9.17) is 9.47 Å². The van der Waals surface area contributed by atoms with Gasteiger partial charge in [-0.05, 0) is 58.1 Å². The molecule has 4 aliphatic carbocycles. The topological polar surface area (TPSA) is 102 Å². The Morgan fingerprint density at radius 3 is 2.10 bits per heavy atom. The van der Waals surface area contributed by atoms with Crippen molar-refractivity contribution < 1.29 is 29.0 Å². The molecule has 0 aromatic heterocycles. The van der Waals surface area contributed by atoms with Gasteiger partial charge < -0.3 is 19.9 Å². The number of alkyl carbamates (subject to hydrolysis) is 1. The fourth-order valence-electron chi connectivity index (χ4n) is 6.77. The first-order chi connectivity index (χ1) is 19.3. The van der Waals surface area contributed by atoms with E-state index in [1.165, 1.54) is 6.08 Å². The van der Waals surface area contributed by atoms with Crippen molar-refractivity contribution in [3.8, 4) is 11.1 Å². The highest BCUT2D eigenvalue weighted by atomic mass is 16.6. The lowest BCUT2D eigenvalue weighted by Gasteiger charge is -2.68. The van der Waals surface area contributed by atoms with Gasteiger partial charge in [0.25, 0.3) is 0 Å². The first-order valence-electron chi connectivity index (χ1n) is 13.6. The third-order valence-electron chi connectivity index (χ3n) is 8.75. The van der Waals surface area contributed by atoms with Crippen LogP contribution in [0.4, 0.5) is 4.79 Å². The standard InChI is InChI=1S/C33H31NO6/c1-2-15-39-29(35)28(16-21-11-13-22(14-12-21)32-18-33(19-32,20-32)30(36)37)34-31(38)40-17-27-25-9-5-3-7-23(25)24-8-4-6-10-26(24)27/h2-14,27-28H,1,15-20H2,(H,34,38)(H,36,37). The average Bonchev–Trinajstić information content (AvgIpc) is 3.23. The van der Waals surface area contributed by atoms with Crippen LogP contribution < -0.4 is 5.32 Å². The number of carboxylic acid groups (broad SMARTS) is 1. The number of aliphatic carboxylic acids is 1. The minimum Gasteiger partial charge on any atom is -0.481 e. The number of nitrogens with one attached hydrogen (secondary N) is 1. The quantitative estimate of drug-likeness (QED) is 0.266. The number of rotatable bonds is 10. The summed E-state index contributed by atoms with van der Waals surface area (Å²) in [6.45, 7) is 3.77. The molecule has 4 aliphatic rings. The molecule has 7 rings (SSSR count). The molecule has 0 spiro atoms. The molecule has 204 valence electrons. The molecular formula is C33H31NO6. The molecule has 40 heavy (non-hydrogen) atoms. The molecule has 0 aliphatic heterocycles. The number of carbonyl (C=O) groups excluding carboxylic acids is 2. The van der Waals surface area contributed by atoms with E-state index < -0.39 is 29.5 Å². The van der Waals surface area contributed by atoms with Crippen LogP contribution in [0.1, 0.15) is 47.4 Å². The van der Waals surface area contributed by atoms with Gasteiger partial charge in [-0.3, -0.25) is 4.79 Å². The van der Waals surface area contributed by atoms with Crippen molar-refractivity contribution in [3.63, 3.8) is 0 Å². The van der Waals surface area contributed by atoms with Gasteiger partial charge in [0.2, 0.25) is 0 Å². The van der Waals surface area contributed by atoms with Crippen LogP contribution in [0.25, 0.3) is 11.1 Å². The molecule has 1 unspecified atom stereocenters. The maximum Gasteiger partial charge on any atom is 0.407 e. The monoisotopic (exact) mass is 537 g/mol. The summed E-state index contributed by atoms with van der Waals surface area (Å²) in [5.74, 6) is -1.36. The number of amides is 1. The van der Waals surface area contributed by atoms with Crippen molar-refractivity contribution in [2.45, 2.75) is 43.1 Å². The van der Waals surface area contributed by atoms with Gasteiger partial charge in [0.05, 0.1) is 5.41 Å². The number of esters is 1. The highest BCUT2D eigenvalue weighted by molar-refractivity contribution is 5.83. The molecule has 2 N–H and O–H groups in total. The minimum absolute atomic E-state index is 0.0362. The van der Waals surface area contributed by atoms with Gasteiger partial charge in [-0.25, -0.2) is 9.59 Å². The molecule has 7 nitrogen and oxygen atoms in total. The summed E-state index contributed by atoms with van der Waals surface area (Å²) in [4.78, 5) is 37.2. The highest BCUT2D eigenvalue weighted by Gasteiger charge is 2.72. The van der Waals surface area contributed by atoms with Crippen LogP contribution in [0.2, 0.25) is 0 Å². The SMILES string of the molecule is C=CCOC(=O)C(Cc1ccc(C23CC(C(=O)O)(C2)C3)cc1)NC(=O)OCC1c2ccccc2-c2ccccc21. The molecule has 1 amide bonds. The highest BCUT2D eigenvalue weighted by Crippen LogP contribution is 2.73. The number of carboxylic acids is 1. The Hall–Kier alpha value is -4.39. The summed E-state index contributed by atoms with van der Waals surface area (Å²) >= 11 is 0. The number of benzene rings is 3. The molecule has 2 bridgehead atoms. The summed E-state index contributed by atoms with van der Waals surface area (Å²) in [7, 11) is 0. The van der Waals surface area contributed by atoms with Gasteiger partial charge in [-0.2, -0.15) is 0 Å². The second kappa shape index (κ2) is 9.97. The maximum absolute atomic E-state index is 12.9. The Kier molecular flexibility index (Phi) is 6.45. The van der Waals surface area contributed by atoms with Crippen molar-refractivity contribution in [2.24, 2.45) is 5.41 Å². The Labute approximate surface area is 232 Å². The molecule has 0 saturated heterocycles. The van der Waals surface area contributed by atoms with Crippen molar-refractivity contribution in [1.29, 1.82) is 0 Å². The number of fused-ring (bicyclic) bond motifs is 3. The van der Waals surface area contributed by atoms with Crippen LogP contribution in [0.5, 0.6) is 0 Å². The van der Waals surface area contributed by atoms with Crippen molar-refractivity contribution in [3.05, 3.63) is 108 Å². The summed E-state index contributed by atoms with van der Waals surface area (Å²) in [6, 6.07) is 23.1. The fraction of sp³-hybridized carbons (Fsp3) is 0.303. The van der Waals surface area contributed by atoms with Crippen molar-refractivity contribution in [2.75, 3.05) is 13.2 Å². The zero-order valence-electron chi connectivity index (χ0n) is 22.1. The van der Waals surface area contributed by atoms with Crippen LogP contribution in [0.3, 0.4) is 0 Å². The third-order valence-corrected chi connectivity index (χ3v) is 8.75. The van der Waals surface area contributed by atoms with Crippen LogP contribution in [-0.2, 0) is 30.9 Å². The number of ether oxygens (including phenoxy) is 2. The summed E-state index contributed by atoms with van der Waals surface area (Å²) in [5.41, 5.74) is 5.88. The van der Waals surface area contributed by atoms with E-state index in [2.05, 4.69) is 36.2 Å². The van der Waals surface area contributed by atoms with Gasteiger partial charge in [0.1, 0.15) is 19.3 Å². The predicted octanol–water partition coefficient (Wildman–Crippen LogP) is 5.37. The first-order valence-corrected chi connectivity index (χ1v) is 13.6. The Bertz CT molecular complexity index is 1430. The molecule has 1 atom stereocenters. The number of hydrogen-bond donors (Lipinski definition) is 2. The van der Waals surface area contributed by atoms with Gasteiger partial charge in [0, 0.05) is 12.3 Å². The van der Waals surface area contributed by atoms with Gasteiger partial charge in [0.15, 0.2) is 0 Å². The largest absolute Gasteiger partial charge is 0.481 e. The van der Waals surface area contributed by atoms with E-state index >= 15 is 0 Å². The summed E-state index contributed by atoms with van der Waals surface area (Å²) in [5, 5.41) is 12.1. The summed E-state index contributed by atoms with van der Waals surface area (Å²) in [6.07, 6.45) is 3.04. The predicted molar refractivity (Wildman–Crippen MR) is 149 cm³/mol. The van der Waals surface area contributed by atoms with Crippen LogP contribution >= 0.6 is 0 Å². The number of carbonyl (C=O) groups is 3. The van der Waals surface area contributed by atoms with Gasteiger partial charge in [-0.15, -0.1) is 0 Å². The zero-order chi connectivity index (χ0) is 27.9. The molecule has 3 saturated carbocycles. The van der Waals surface area contributed by atoms with E-state index in [0.717, 1.165) is 33.4 Å². The number of hydrogen-bond acceptors (Lipinski definition) is 5. The Morgan fingerprint density at radius 1 is 0.925 bits per heavy atom. The molecule has 7 heteroatoms. The molecular weight excluding hydrogens is 506 g/mol. The van der Waals surface area contributed by atoms with Gasteiger partial charge in [-0.1, -0.05) is 85.5 Å². The maximum atomic E-state index is 12.9. The normalized spacial score (nSPS) is 22.5. The smallest absolute Gasteiger partial charge is 0.407 e. The second-order valence-electron chi connectivity index (χ2n) is 11.2. The minimum atomic E-state index is -0.938. The molecule has 3 aromatic rings. The summed E-state index contributed by atoms with van der Waals surface area (Å²) < 4.78 is 10.9. The Balaban J connectivity index is 1.11. The lowest BCUT2D eigenvalue weighted by molar-refractivity contribution is -0.194. The van der Waals surface area contributed by atoms with E-state index in [0.29, 0.717) is 19.3 Å². The zero-order valence-corrected chi connectivity index (χ0v) is 22.1. The molecule has 3 fully saturated rings. The van der Waals surface area contributed by atoms with Crippen LogP contribution in [0, 0.1) is 5.41 Å². The van der Waals surface area contributed by atoms with Gasteiger partial charge >= 0.3 is 18.0 Å². The lowest BCUT2D eigenvalue weighted by Crippen LogP contribution is -2.67. The second-order valence-corrected chi connectivity index (χ2v) is 11.2. The van der Waals surface area contributed by atoms with E-state index in [-0.39, 0.29) is 31.0 Å². The van der Waals surface area contributed by atoms with Crippen molar-refractivity contribution >= 4 is 18.0 Å². The molecule has 0 radical (unpaired) electrons. The van der Waals surface area contributed by atoms with Crippen LogP contribution in [0.15, 0.2) is 85.5 Å². The molecule has 0 heterocycles. The lowest BCUT2D eigenvalue weighted by atomic mass is 9.33. The van der Waals surface area contributed by atoms with Crippen LogP contribution in [-0.4, -0.2) is 42.4 Å². The first kappa shape index (κ1) is 25.9. The molecule has 3 aromatic carbocycles. The van der Waals surface area contributed by atoms with Crippen molar-refractivity contribution in [1.82, 2.24) is 5.32 Å². The average molecular weight is 538 g/mol. The van der Waals surface area contributed by atoms with E-state index in [1.807, 2.05) is 48.5 Å². The Morgan fingerprint density at radius 2 is 1.52 bits per heavy atom. The van der Waals surface area contributed by atoms with E-state index in [1.54, 1.807) is 0 Å². The fourth-order valence-corrected chi connectivity index (χ4v) is 6.77.